The molecule has 7 heteroatoms. The molecule has 0 saturated carbocycles. The second-order valence-electron chi connectivity index (χ2n) is 17.8. The predicted molar refractivity (Wildman–Crippen MR) is 266 cm³/mol. The molecule has 0 spiro atoms. The Kier molecular flexibility index (Phi) is 9.87. The Morgan fingerprint density at radius 1 is 0.530 bits per heavy atom. The minimum atomic E-state index is -0.648. The molecule has 0 unspecified atom stereocenters. The van der Waals surface area contributed by atoms with Gasteiger partial charge < -0.3 is 4.74 Å². The highest BCUT2D eigenvalue weighted by molar-refractivity contribution is 6.09. The third kappa shape index (κ3) is 7.26. The molecule has 0 N–H and O–H groups in total. The molecular formula is C59H44F2N4O+2. The maximum atomic E-state index is 15.0. The normalized spacial score (nSPS) is 12.3. The Bertz CT molecular complexity index is 3610. The first-order valence-electron chi connectivity index (χ1n) is 22.1. The molecule has 3 heterocycles. The van der Waals surface area contributed by atoms with Crippen molar-refractivity contribution in [1.82, 2.24) is 18.7 Å². The zero-order valence-corrected chi connectivity index (χ0v) is 36.9. The van der Waals surface area contributed by atoms with E-state index in [-0.39, 0.29) is 5.41 Å². The lowest BCUT2D eigenvalue weighted by atomic mass is 9.88. The molecule has 2 aromatic heterocycles. The first-order valence-corrected chi connectivity index (χ1v) is 22.1. The smallest absolute Gasteiger partial charge is 0.457 e. The number of hydrogen-bond acceptors (Lipinski definition) is 2. The van der Waals surface area contributed by atoms with Gasteiger partial charge >= 0.3 is 6.01 Å². The zero-order chi connectivity index (χ0) is 45.1. The highest BCUT2D eigenvalue weighted by atomic mass is 19.1. The quantitative estimate of drug-likeness (QED) is 0.143. The highest BCUT2D eigenvalue weighted by Crippen LogP contribution is 2.46. The summed E-state index contributed by atoms with van der Waals surface area (Å²) in [6, 6.07) is 64.9. The zero-order valence-electron chi connectivity index (χ0n) is 36.9. The summed E-state index contributed by atoms with van der Waals surface area (Å²) in [6.07, 6.45) is 1.89. The van der Waals surface area contributed by atoms with Crippen molar-refractivity contribution in [1.29, 1.82) is 0 Å². The average molecular weight is 863 g/mol. The molecule has 8 aromatic carbocycles. The van der Waals surface area contributed by atoms with Crippen LogP contribution in [-0.2, 0) is 5.41 Å². The van der Waals surface area contributed by atoms with Crippen molar-refractivity contribution < 1.29 is 13.5 Å². The number of pyridine rings is 1. The van der Waals surface area contributed by atoms with Crippen molar-refractivity contribution in [3.05, 3.63) is 217 Å². The van der Waals surface area contributed by atoms with Crippen LogP contribution in [0.1, 0.15) is 31.9 Å². The minimum absolute atomic E-state index is 0.0550. The molecule has 0 atom stereocenters. The number of ether oxygens (including phenoxy) is 1. The highest BCUT2D eigenvalue weighted by Gasteiger charge is 2.39. The molecule has 1 aliphatic rings. The van der Waals surface area contributed by atoms with Gasteiger partial charge in [-0.25, -0.2) is 13.8 Å². The summed E-state index contributed by atoms with van der Waals surface area (Å²) in [5.74, 6) is 0.859. The largest absolute Gasteiger partial charge is 0.503 e. The Morgan fingerprint density at radius 2 is 1.18 bits per heavy atom. The summed E-state index contributed by atoms with van der Waals surface area (Å²) in [7, 11) is 0. The number of hydrogen-bond donors (Lipinski definition) is 0. The van der Waals surface area contributed by atoms with Gasteiger partial charge in [0.25, 0.3) is 11.4 Å². The Labute approximate surface area is 382 Å². The van der Waals surface area contributed by atoms with Crippen molar-refractivity contribution in [2.24, 2.45) is 0 Å². The van der Waals surface area contributed by atoms with Gasteiger partial charge in [-0.05, 0) is 116 Å². The summed E-state index contributed by atoms with van der Waals surface area (Å²) >= 11 is 0. The van der Waals surface area contributed by atoms with E-state index in [0.717, 1.165) is 84.3 Å². The van der Waals surface area contributed by atoms with Crippen LogP contribution in [0.3, 0.4) is 0 Å². The standard InChI is InChI=1S/C59H44F2N4O/c1-38-15-8-9-18-48(38)41-31-45(35-47(32-41)66-46-25-26-52-51-19-10-11-22-53(51)65(56(52)36-46)57-33-42(27-28-62-57)59(2,3)4)63-37-64(55-24-13-12-23-54(55)63)58-49(39-16-6-5-7-17-39)20-14-21-50(58)40-29-43(60)34-44(61)30-40/h5-36H,1-4H3/q+2. The maximum Gasteiger partial charge on any atom is 0.503 e. The van der Waals surface area contributed by atoms with Crippen LogP contribution in [0.4, 0.5) is 31.5 Å². The molecule has 0 bridgehead atoms. The molecule has 0 aliphatic carbocycles. The van der Waals surface area contributed by atoms with Crippen LogP contribution in [0.25, 0.3) is 61.0 Å². The molecule has 5 nitrogen and oxygen atoms in total. The van der Waals surface area contributed by atoms with Gasteiger partial charge in [0.2, 0.25) is 11.4 Å². The van der Waals surface area contributed by atoms with Crippen LogP contribution in [0.2, 0.25) is 0 Å². The van der Waals surface area contributed by atoms with Crippen LogP contribution in [0.15, 0.2) is 194 Å². The fourth-order valence-corrected chi connectivity index (χ4v) is 9.22. The summed E-state index contributed by atoms with van der Waals surface area (Å²) in [5, 5.41) is 2.23. The van der Waals surface area contributed by atoms with Gasteiger partial charge in [-0.3, -0.25) is 4.57 Å². The lowest BCUT2D eigenvalue weighted by Crippen LogP contribution is -2.12. The van der Waals surface area contributed by atoms with E-state index in [1.807, 2.05) is 106 Å². The van der Waals surface area contributed by atoms with Crippen molar-refractivity contribution in [3.8, 4) is 50.7 Å². The number of benzene rings is 8. The van der Waals surface area contributed by atoms with Crippen LogP contribution in [0.5, 0.6) is 11.5 Å². The van der Waals surface area contributed by atoms with Gasteiger partial charge in [-0.1, -0.05) is 112 Å². The topological polar surface area (TPSA) is 33.1 Å². The van der Waals surface area contributed by atoms with Gasteiger partial charge in [-0.2, -0.15) is 0 Å². The third-order valence-corrected chi connectivity index (χ3v) is 12.4. The van der Waals surface area contributed by atoms with Crippen LogP contribution < -0.4 is 13.9 Å². The lowest BCUT2D eigenvalue weighted by Gasteiger charge is -2.20. The summed E-state index contributed by atoms with van der Waals surface area (Å²) in [5.41, 5.74) is 12.5. The maximum absolute atomic E-state index is 15.0. The monoisotopic (exact) mass is 862 g/mol. The van der Waals surface area contributed by atoms with Gasteiger partial charge in [0.15, 0.2) is 0 Å². The summed E-state index contributed by atoms with van der Waals surface area (Å²) in [6.45, 7) is 8.76. The second kappa shape index (κ2) is 16.1. The number of para-hydroxylation sites is 4. The third-order valence-electron chi connectivity index (χ3n) is 12.4. The van der Waals surface area contributed by atoms with E-state index in [1.165, 1.54) is 17.7 Å². The molecule has 318 valence electrons. The van der Waals surface area contributed by atoms with E-state index in [2.05, 4.69) is 117 Å². The lowest BCUT2D eigenvalue weighted by molar-refractivity contribution is 0.483. The summed E-state index contributed by atoms with van der Waals surface area (Å²) in [4.78, 5) is 4.89. The number of nitrogens with zero attached hydrogens (tertiary/aromatic N) is 4. The van der Waals surface area contributed by atoms with Gasteiger partial charge in [0, 0.05) is 47.3 Å². The van der Waals surface area contributed by atoms with Crippen molar-refractivity contribution >= 4 is 50.6 Å². The molecule has 0 radical (unpaired) electrons. The van der Waals surface area contributed by atoms with Crippen molar-refractivity contribution in [3.63, 3.8) is 0 Å². The molecule has 10 aromatic rings. The number of halogens is 2. The Morgan fingerprint density at radius 3 is 1.95 bits per heavy atom. The molecule has 66 heavy (non-hydrogen) atoms. The molecule has 1 aliphatic heterocycles. The van der Waals surface area contributed by atoms with E-state index < -0.39 is 11.6 Å². The first kappa shape index (κ1) is 40.5. The van der Waals surface area contributed by atoms with Crippen LogP contribution in [-0.4, -0.2) is 15.6 Å². The fourth-order valence-electron chi connectivity index (χ4n) is 9.22. The summed E-state index contributed by atoms with van der Waals surface area (Å²) < 4.78 is 43.1. The van der Waals surface area contributed by atoms with E-state index in [4.69, 9.17) is 9.72 Å². The van der Waals surface area contributed by atoms with E-state index in [9.17, 15) is 8.78 Å². The second-order valence-corrected chi connectivity index (χ2v) is 17.8. The van der Waals surface area contributed by atoms with E-state index in [1.54, 1.807) is 0 Å². The molecular weight excluding hydrogens is 819 g/mol. The number of rotatable bonds is 8. The van der Waals surface area contributed by atoms with E-state index in [0.29, 0.717) is 22.6 Å². The predicted octanol–water partition coefficient (Wildman–Crippen LogP) is 15.7. The fraction of sp³-hybridized carbons (Fsp3) is 0.0847. The molecule has 0 saturated heterocycles. The minimum Gasteiger partial charge on any atom is -0.457 e. The molecule has 0 fully saturated rings. The van der Waals surface area contributed by atoms with Crippen molar-refractivity contribution in [2.75, 3.05) is 0 Å². The first-order chi connectivity index (χ1) is 32.1. The Balaban J connectivity index is 1.12. The van der Waals surface area contributed by atoms with Gasteiger partial charge in [0.05, 0.1) is 28.2 Å². The number of fused-ring (bicyclic) bond motifs is 4. The van der Waals surface area contributed by atoms with Crippen LogP contribution >= 0.6 is 0 Å². The number of aromatic nitrogens is 2. The number of aryl methyl sites for hydroxylation is 1. The Hall–Kier alpha value is -8.25. The molecule has 0 amide bonds. The van der Waals surface area contributed by atoms with Crippen molar-refractivity contribution in [2.45, 2.75) is 33.1 Å². The average Bonchev–Trinajstić information content (AvgIpc) is 3.87. The van der Waals surface area contributed by atoms with Crippen LogP contribution in [0, 0.1) is 18.6 Å². The van der Waals surface area contributed by atoms with E-state index >= 15 is 0 Å². The van der Waals surface area contributed by atoms with Gasteiger partial charge in [-0.15, -0.1) is 0 Å². The van der Waals surface area contributed by atoms with Gasteiger partial charge in [0.1, 0.15) is 29.0 Å². The molecule has 11 rings (SSSR count). The SMILES string of the molecule is Cc1ccccc1-c1cc(Oc2ccc3c4ccccc4n(-c4cc(C(C)(C)C)ccn4)c3c2)cc([N+]2=C=[N+](c3c(-c4ccccc4)cccc3-c3cc(F)cc(F)c3)c3ccccc32)c1.